The first-order chi connectivity index (χ1) is 16.4. The lowest BCUT2D eigenvalue weighted by Gasteiger charge is -2.35. The van der Waals surface area contributed by atoms with Crippen LogP contribution >= 0.6 is 0 Å². The third kappa shape index (κ3) is 5.66. The van der Waals surface area contributed by atoms with Crippen LogP contribution in [0.4, 0.5) is 11.4 Å². The third-order valence-corrected chi connectivity index (χ3v) is 7.14. The fourth-order valence-corrected chi connectivity index (χ4v) is 5.00. The van der Waals surface area contributed by atoms with Crippen LogP contribution in [-0.4, -0.2) is 51.1 Å². The van der Waals surface area contributed by atoms with E-state index in [0.717, 1.165) is 5.56 Å². The Labute approximate surface area is 202 Å². The van der Waals surface area contributed by atoms with E-state index >= 15 is 0 Å². The molecular weight excluding hydrogens is 450 g/mol. The van der Waals surface area contributed by atoms with Crippen LogP contribution in [0.25, 0.3) is 5.69 Å². The van der Waals surface area contributed by atoms with Crippen molar-refractivity contribution >= 4 is 22.4 Å². The molecule has 0 radical (unpaired) electrons. The SMILES string of the molecule is CC(C)COc1c(N2CCN(S(=O)Cc3ccc(N)cc3)CC2)cnn(-c2ccccc2)c1=O. The molecule has 2 N–H and O–H groups in total. The molecule has 9 heteroatoms. The smallest absolute Gasteiger partial charge is 0.316 e. The van der Waals surface area contributed by atoms with Gasteiger partial charge in [-0.25, -0.2) is 8.51 Å². The van der Waals surface area contributed by atoms with E-state index < -0.39 is 11.0 Å². The van der Waals surface area contributed by atoms with E-state index in [4.69, 9.17) is 10.5 Å². The number of anilines is 2. The van der Waals surface area contributed by atoms with Crippen LogP contribution < -0.4 is 20.9 Å². The van der Waals surface area contributed by atoms with Crippen molar-refractivity contribution in [3.63, 3.8) is 0 Å². The molecule has 1 atom stereocenters. The average Bonchev–Trinajstić information content (AvgIpc) is 2.85. The molecule has 3 aromatic rings. The van der Waals surface area contributed by atoms with Crippen LogP contribution in [-0.2, 0) is 16.7 Å². The molecule has 34 heavy (non-hydrogen) atoms. The molecule has 1 unspecified atom stereocenters. The molecule has 0 spiro atoms. The summed E-state index contributed by atoms with van der Waals surface area (Å²) in [4.78, 5) is 15.4. The molecular formula is C25H31N5O3S. The molecule has 1 aliphatic heterocycles. The fraction of sp³-hybridized carbons (Fsp3) is 0.360. The van der Waals surface area contributed by atoms with Crippen LogP contribution in [0.2, 0.25) is 0 Å². The van der Waals surface area contributed by atoms with Crippen molar-refractivity contribution in [3.8, 4) is 11.4 Å². The molecule has 1 saturated heterocycles. The predicted molar refractivity (Wildman–Crippen MR) is 137 cm³/mol. The highest BCUT2D eigenvalue weighted by Gasteiger charge is 2.26. The first-order valence-corrected chi connectivity index (χ1v) is 12.7. The zero-order chi connectivity index (χ0) is 24.1. The number of para-hydroxylation sites is 1. The summed E-state index contributed by atoms with van der Waals surface area (Å²) in [7, 11) is -1.13. The summed E-state index contributed by atoms with van der Waals surface area (Å²) >= 11 is 0. The zero-order valence-electron chi connectivity index (χ0n) is 19.6. The van der Waals surface area contributed by atoms with Gasteiger partial charge in [0.25, 0.3) is 0 Å². The summed E-state index contributed by atoms with van der Waals surface area (Å²) in [5, 5.41) is 4.43. The van der Waals surface area contributed by atoms with Gasteiger partial charge in [-0.1, -0.05) is 44.2 Å². The monoisotopic (exact) mass is 481 g/mol. The first kappa shape index (κ1) is 24.0. The summed E-state index contributed by atoms with van der Waals surface area (Å²) in [6.45, 7) is 7.02. The summed E-state index contributed by atoms with van der Waals surface area (Å²) in [6, 6.07) is 16.8. The Balaban J connectivity index is 1.50. The van der Waals surface area contributed by atoms with Crippen molar-refractivity contribution in [1.82, 2.24) is 14.1 Å². The average molecular weight is 482 g/mol. The molecule has 8 nitrogen and oxygen atoms in total. The number of nitrogens with zero attached hydrogens (tertiary/aromatic N) is 4. The number of aromatic nitrogens is 2. The van der Waals surface area contributed by atoms with Crippen LogP contribution in [0.3, 0.4) is 0 Å². The lowest BCUT2D eigenvalue weighted by atomic mass is 10.2. The van der Waals surface area contributed by atoms with Crippen LogP contribution in [0.15, 0.2) is 65.6 Å². The predicted octanol–water partition coefficient (Wildman–Crippen LogP) is 2.84. The molecule has 4 rings (SSSR count). The number of hydrogen-bond acceptors (Lipinski definition) is 6. The highest BCUT2D eigenvalue weighted by atomic mass is 32.2. The maximum atomic E-state index is 13.3. The Morgan fingerprint density at radius 1 is 1.03 bits per heavy atom. The molecule has 0 saturated carbocycles. The number of piperazine rings is 1. The Morgan fingerprint density at radius 2 is 1.71 bits per heavy atom. The Morgan fingerprint density at radius 3 is 2.35 bits per heavy atom. The lowest BCUT2D eigenvalue weighted by Crippen LogP contribution is -2.47. The third-order valence-electron chi connectivity index (χ3n) is 5.61. The molecule has 0 amide bonds. The van der Waals surface area contributed by atoms with E-state index in [1.54, 1.807) is 6.20 Å². The standard InChI is InChI=1S/C25H31N5O3S/c1-19(2)17-33-24-23(16-27-30(25(24)31)22-6-4-3-5-7-22)28-12-14-29(15-13-28)34(32)18-20-8-10-21(26)11-9-20/h3-11,16,19H,12-15,17-18,26H2,1-2H3. The maximum absolute atomic E-state index is 13.3. The Bertz CT molecular complexity index is 1170. The summed E-state index contributed by atoms with van der Waals surface area (Å²) < 4.78 is 22.2. The number of nitrogen functional groups attached to an aromatic ring is 1. The van der Waals surface area contributed by atoms with Gasteiger partial charge in [0.05, 0.1) is 35.2 Å². The van der Waals surface area contributed by atoms with Gasteiger partial charge in [-0.2, -0.15) is 9.78 Å². The largest absolute Gasteiger partial charge is 0.486 e. The van der Waals surface area contributed by atoms with Crippen molar-refractivity contribution in [2.24, 2.45) is 5.92 Å². The second-order valence-corrected chi connectivity index (χ2v) is 10.2. The maximum Gasteiger partial charge on any atom is 0.316 e. The van der Waals surface area contributed by atoms with Crippen LogP contribution in [0.5, 0.6) is 5.75 Å². The van der Waals surface area contributed by atoms with E-state index in [1.807, 2.05) is 72.7 Å². The molecule has 1 fully saturated rings. The molecule has 2 heterocycles. The quantitative estimate of drug-likeness (QED) is 0.498. The minimum absolute atomic E-state index is 0.276. The number of rotatable bonds is 8. The second kappa shape index (κ2) is 10.8. The van der Waals surface area contributed by atoms with Crippen LogP contribution in [0.1, 0.15) is 19.4 Å². The summed E-state index contributed by atoms with van der Waals surface area (Å²) in [5.41, 5.74) is 8.53. The van der Waals surface area contributed by atoms with E-state index in [2.05, 4.69) is 10.00 Å². The molecule has 2 aromatic carbocycles. The number of hydrogen-bond donors (Lipinski definition) is 1. The second-order valence-electron chi connectivity index (χ2n) is 8.74. The highest BCUT2D eigenvalue weighted by Crippen LogP contribution is 2.26. The van der Waals surface area contributed by atoms with E-state index in [9.17, 15) is 9.00 Å². The lowest BCUT2D eigenvalue weighted by molar-refractivity contribution is 0.265. The minimum Gasteiger partial charge on any atom is -0.486 e. The molecule has 0 aliphatic carbocycles. The van der Waals surface area contributed by atoms with Crippen molar-refractivity contribution in [2.45, 2.75) is 19.6 Å². The zero-order valence-corrected chi connectivity index (χ0v) is 20.4. The highest BCUT2D eigenvalue weighted by molar-refractivity contribution is 7.81. The molecule has 0 bridgehead atoms. The molecule has 1 aliphatic rings. The van der Waals surface area contributed by atoms with Gasteiger partial charge in [0, 0.05) is 31.9 Å². The van der Waals surface area contributed by atoms with Crippen molar-refractivity contribution < 1.29 is 8.95 Å². The van der Waals surface area contributed by atoms with E-state index in [-0.39, 0.29) is 11.5 Å². The van der Waals surface area contributed by atoms with Crippen molar-refractivity contribution in [1.29, 1.82) is 0 Å². The van der Waals surface area contributed by atoms with Crippen LogP contribution in [0, 0.1) is 5.92 Å². The number of ether oxygens (including phenoxy) is 1. The first-order valence-electron chi connectivity index (χ1n) is 11.5. The minimum atomic E-state index is -1.13. The van der Waals surface area contributed by atoms with Gasteiger partial charge in [0.15, 0.2) is 0 Å². The fourth-order valence-electron chi connectivity index (χ4n) is 3.77. The molecule has 1 aromatic heterocycles. The van der Waals surface area contributed by atoms with E-state index in [0.29, 0.717) is 61.4 Å². The van der Waals surface area contributed by atoms with Gasteiger partial charge < -0.3 is 15.4 Å². The normalized spacial score (nSPS) is 15.4. The number of benzene rings is 2. The van der Waals surface area contributed by atoms with Gasteiger partial charge in [0.2, 0.25) is 5.75 Å². The number of nitrogens with two attached hydrogens (primary N) is 1. The van der Waals surface area contributed by atoms with Gasteiger partial charge in [-0.15, -0.1) is 0 Å². The van der Waals surface area contributed by atoms with Crippen molar-refractivity contribution in [2.75, 3.05) is 43.4 Å². The van der Waals surface area contributed by atoms with Gasteiger partial charge >= 0.3 is 5.56 Å². The Kier molecular flexibility index (Phi) is 7.64. The topological polar surface area (TPSA) is 93.7 Å². The van der Waals surface area contributed by atoms with E-state index in [1.165, 1.54) is 4.68 Å². The van der Waals surface area contributed by atoms with Crippen molar-refractivity contribution in [3.05, 3.63) is 76.7 Å². The Hall–Kier alpha value is -3.17. The summed E-state index contributed by atoms with van der Waals surface area (Å²) in [5.74, 6) is 1.04. The molecule has 180 valence electrons. The van der Waals surface area contributed by atoms with Gasteiger partial charge in [0.1, 0.15) is 5.69 Å². The summed E-state index contributed by atoms with van der Waals surface area (Å²) in [6.07, 6.45) is 1.70. The van der Waals surface area contributed by atoms with Gasteiger partial charge in [-0.05, 0) is 35.7 Å². The van der Waals surface area contributed by atoms with Gasteiger partial charge in [-0.3, -0.25) is 4.79 Å².